The van der Waals surface area contributed by atoms with Gasteiger partial charge in [-0.25, -0.2) is 4.39 Å². The first kappa shape index (κ1) is 15.6. The number of thioether (sulfide) groups is 1. The highest BCUT2D eigenvalue weighted by Gasteiger charge is 2.38. The van der Waals surface area contributed by atoms with Crippen molar-refractivity contribution >= 4 is 17.7 Å². The number of carbonyl (C=O) groups is 1. The van der Waals surface area contributed by atoms with Gasteiger partial charge in [0.05, 0.1) is 17.2 Å². The van der Waals surface area contributed by atoms with Gasteiger partial charge in [0.25, 0.3) is 5.91 Å². The second-order valence-corrected chi connectivity index (χ2v) is 5.56. The van der Waals surface area contributed by atoms with Crippen molar-refractivity contribution in [2.75, 3.05) is 18.1 Å². The summed E-state index contributed by atoms with van der Waals surface area (Å²) in [5.41, 5.74) is -1.95. The summed E-state index contributed by atoms with van der Waals surface area (Å²) >= 11 is 1.46. The number of carbonyl (C=O) groups excluding carboxylic acids is 1. The van der Waals surface area contributed by atoms with Crippen LogP contribution in [-0.4, -0.2) is 34.9 Å². The maximum atomic E-state index is 13.0. The van der Waals surface area contributed by atoms with Gasteiger partial charge in [-0.1, -0.05) is 0 Å². The van der Waals surface area contributed by atoms with Gasteiger partial charge in [-0.2, -0.15) is 30.2 Å². The molecule has 1 heterocycles. The Balaban J connectivity index is 2.42. The van der Waals surface area contributed by atoms with E-state index in [1.54, 1.807) is 0 Å². The molecule has 21 heavy (non-hydrogen) atoms. The predicted molar refractivity (Wildman–Crippen MR) is 69.2 cm³/mol. The summed E-state index contributed by atoms with van der Waals surface area (Å²) in [6.45, 7) is 0.191. The molecule has 1 unspecified atom stereocenters. The van der Waals surface area contributed by atoms with E-state index in [1.165, 1.54) is 11.8 Å². The molecule has 8 heteroatoms. The minimum Gasteiger partial charge on any atom is -0.321 e. The Labute approximate surface area is 122 Å². The van der Waals surface area contributed by atoms with E-state index >= 15 is 0 Å². The van der Waals surface area contributed by atoms with Crippen molar-refractivity contribution in [1.82, 2.24) is 4.90 Å². The largest absolute Gasteiger partial charge is 0.417 e. The first-order valence-electron chi connectivity index (χ1n) is 5.99. The van der Waals surface area contributed by atoms with Crippen LogP contribution in [-0.2, 0) is 6.18 Å². The van der Waals surface area contributed by atoms with Crippen LogP contribution in [0.5, 0.6) is 0 Å². The maximum Gasteiger partial charge on any atom is 0.417 e. The van der Waals surface area contributed by atoms with E-state index in [4.69, 9.17) is 5.26 Å². The fourth-order valence-electron chi connectivity index (χ4n) is 2.05. The number of hydrogen-bond donors (Lipinski definition) is 0. The number of amides is 1. The summed E-state index contributed by atoms with van der Waals surface area (Å²) in [6, 6.07) is 3.05. The van der Waals surface area contributed by atoms with Gasteiger partial charge in [-0.3, -0.25) is 4.79 Å². The Morgan fingerprint density at radius 3 is 2.76 bits per heavy atom. The van der Waals surface area contributed by atoms with E-state index < -0.39 is 35.1 Å². The van der Waals surface area contributed by atoms with Crippen LogP contribution < -0.4 is 0 Å². The predicted octanol–water partition coefficient (Wildman–Crippen LogP) is 2.93. The standard InChI is InChI=1S/C13H10F4N2OS/c14-8-1-2-10(11(5-8)13(15,16)17)12(20)19-3-4-21-7-9(19)6-18/h1-2,5,9H,3-4,7H2. The van der Waals surface area contributed by atoms with E-state index in [0.29, 0.717) is 17.6 Å². The highest BCUT2D eigenvalue weighted by atomic mass is 32.2. The molecule has 2 rings (SSSR count). The monoisotopic (exact) mass is 318 g/mol. The summed E-state index contributed by atoms with van der Waals surface area (Å²) in [4.78, 5) is 13.4. The topological polar surface area (TPSA) is 44.1 Å². The third-order valence-corrected chi connectivity index (χ3v) is 4.08. The second-order valence-electron chi connectivity index (χ2n) is 4.41. The lowest BCUT2D eigenvalue weighted by molar-refractivity contribution is -0.138. The van der Waals surface area contributed by atoms with Gasteiger partial charge in [-0.15, -0.1) is 0 Å². The van der Waals surface area contributed by atoms with E-state index in [0.717, 1.165) is 17.0 Å². The molecular formula is C13H10F4N2OS. The van der Waals surface area contributed by atoms with Crippen LogP contribution in [0.1, 0.15) is 15.9 Å². The molecule has 1 aliphatic heterocycles. The highest BCUT2D eigenvalue weighted by molar-refractivity contribution is 7.99. The smallest absolute Gasteiger partial charge is 0.321 e. The normalized spacial score (nSPS) is 19.2. The number of nitriles is 1. The molecule has 0 saturated carbocycles. The van der Waals surface area contributed by atoms with Crippen LogP contribution in [0.25, 0.3) is 0 Å². The summed E-state index contributed by atoms with van der Waals surface area (Å²) in [5, 5.41) is 8.99. The zero-order valence-electron chi connectivity index (χ0n) is 10.7. The van der Waals surface area contributed by atoms with Crippen molar-refractivity contribution in [3.05, 3.63) is 35.1 Å². The van der Waals surface area contributed by atoms with Gasteiger partial charge in [0.2, 0.25) is 0 Å². The van der Waals surface area contributed by atoms with Crippen LogP contribution >= 0.6 is 11.8 Å². The molecule has 0 bridgehead atoms. The molecule has 0 aliphatic carbocycles. The molecule has 1 aromatic carbocycles. The first-order valence-corrected chi connectivity index (χ1v) is 7.15. The number of rotatable bonds is 1. The van der Waals surface area contributed by atoms with Gasteiger partial charge in [-0.05, 0) is 18.2 Å². The number of benzene rings is 1. The first-order chi connectivity index (χ1) is 9.84. The molecule has 0 radical (unpaired) electrons. The van der Waals surface area contributed by atoms with E-state index in [1.807, 2.05) is 6.07 Å². The third kappa shape index (κ3) is 3.29. The lowest BCUT2D eigenvalue weighted by Crippen LogP contribution is -2.45. The average molecular weight is 318 g/mol. The Morgan fingerprint density at radius 2 is 2.14 bits per heavy atom. The van der Waals surface area contributed by atoms with E-state index in [2.05, 4.69) is 0 Å². The van der Waals surface area contributed by atoms with Crippen molar-refractivity contribution in [2.24, 2.45) is 0 Å². The molecule has 1 aliphatic rings. The summed E-state index contributed by atoms with van der Waals surface area (Å²) in [7, 11) is 0. The van der Waals surface area contributed by atoms with Crippen molar-refractivity contribution < 1.29 is 22.4 Å². The van der Waals surface area contributed by atoms with Crippen molar-refractivity contribution in [1.29, 1.82) is 5.26 Å². The Kier molecular flexibility index (Phi) is 4.42. The SMILES string of the molecule is N#CC1CSCCN1C(=O)c1ccc(F)cc1C(F)(F)F. The van der Waals surface area contributed by atoms with Crippen molar-refractivity contribution in [3.63, 3.8) is 0 Å². The maximum absolute atomic E-state index is 13.0. The summed E-state index contributed by atoms with van der Waals surface area (Å²) in [5.74, 6) is -1.06. The lowest BCUT2D eigenvalue weighted by atomic mass is 10.0. The lowest BCUT2D eigenvalue weighted by Gasteiger charge is -2.31. The zero-order chi connectivity index (χ0) is 15.6. The van der Waals surface area contributed by atoms with Crippen molar-refractivity contribution in [2.45, 2.75) is 12.2 Å². The molecule has 0 spiro atoms. The van der Waals surface area contributed by atoms with Crippen molar-refractivity contribution in [3.8, 4) is 6.07 Å². The molecule has 1 atom stereocenters. The Hall–Kier alpha value is -1.75. The average Bonchev–Trinajstić information content (AvgIpc) is 2.45. The highest BCUT2D eigenvalue weighted by Crippen LogP contribution is 2.33. The van der Waals surface area contributed by atoms with Gasteiger partial charge >= 0.3 is 6.18 Å². The minimum absolute atomic E-state index is 0.191. The second kappa shape index (κ2) is 5.93. The van der Waals surface area contributed by atoms with Crippen LogP contribution in [0.4, 0.5) is 17.6 Å². The Bertz CT molecular complexity index is 597. The van der Waals surface area contributed by atoms with Crippen LogP contribution in [0, 0.1) is 17.1 Å². The number of nitrogens with zero attached hydrogens (tertiary/aromatic N) is 2. The number of hydrogen-bond acceptors (Lipinski definition) is 3. The van der Waals surface area contributed by atoms with Crippen LogP contribution in [0.3, 0.4) is 0 Å². The molecule has 1 fully saturated rings. The van der Waals surface area contributed by atoms with E-state index in [9.17, 15) is 22.4 Å². The molecular weight excluding hydrogens is 308 g/mol. The molecule has 1 amide bonds. The number of alkyl halides is 3. The summed E-state index contributed by atoms with van der Waals surface area (Å²) < 4.78 is 51.8. The number of halogens is 4. The fourth-order valence-corrected chi connectivity index (χ4v) is 3.02. The molecule has 112 valence electrons. The van der Waals surface area contributed by atoms with Gasteiger partial charge in [0.15, 0.2) is 0 Å². The fraction of sp³-hybridized carbons (Fsp3) is 0.385. The van der Waals surface area contributed by atoms with Crippen LogP contribution in [0.15, 0.2) is 18.2 Å². The molecule has 1 saturated heterocycles. The third-order valence-electron chi connectivity index (χ3n) is 3.06. The van der Waals surface area contributed by atoms with Crippen LogP contribution in [0.2, 0.25) is 0 Å². The van der Waals surface area contributed by atoms with E-state index in [-0.39, 0.29) is 6.54 Å². The van der Waals surface area contributed by atoms with Gasteiger partial charge in [0, 0.05) is 18.1 Å². The molecule has 0 aromatic heterocycles. The quantitative estimate of drug-likeness (QED) is 0.748. The zero-order valence-corrected chi connectivity index (χ0v) is 11.5. The van der Waals surface area contributed by atoms with Gasteiger partial charge in [0.1, 0.15) is 11.9 Å². The summed E-state index contributed by atoms with van der Waals surface area (Å²) in [6.07, 6.45) is -4.83. The minimum atomic E-state index is -4.83. The molecule has 3 nitrogen and oxygen atoms in total. The molecule has 1 aromatic rings. The Morgan fingerprint density at radius 1 is 1.43 bits per heavy atom. The molecule has 0 N–H and O–H groups in total. The van der Waals surface area contributed by atoms with Gasteiger partial charge < -0.3 is 4.90 Å².